The molecule has 1 nitrogen and oxygen atoms in total. The Bertz CT molecular complexity index is 616. The van der Waals surface area contributed by atoms with Crippen LogP contribution in [0.5, 0.6) is 0 Å². The number of allylic oxidation sites excluding steroid dienone is 2. The molecule has 0 saturated heterocycles. The predicted octanol–water partition coefficient (Wildman–Crippen LogP) is 7.21. The van der Waals surface area contributed by atoms with E-state index in [1.54, 1.807) is 0 Å². The Morgan fingerprint density at radius 2 is 1.88 bits per heavy atom. The molecule has 2 heteroatoms. The minimum Gasteiger partial charge on any atom is -0.285 e. The molecule has 1 aliphatic carbocycles. The van der Waals surface area contributed by atoms with Gasteiger partial charge in [-0.1, -0.05) is 46.8 Å². The van der Waals surface area contributed by atoms with Crippen LogP contribution in [-0.2, 0) is 0 Å². The van der Waals surface area contributed by atoms with Crippen molar-refractivity contribution in [3.63, 3.8) is 0 Å². The highest BCUT2D eigenvalue weighted by Gasteiger charge is 2.35. The topological polar surface area (TPSA) is 12.4 Å². The highest BCUT2D eigenvalue weighted by Crippen LogP contribution is 2.42. The standard InChI is InChI=1S/C22H35NS/c1-8-18(9-2)23-21(22(7)13-11-10-12-14-22)19-16(5)17(6)24-20(19)15(3)4/h10-11,15,18H,8-9,12-14H2,1-7H3/b23-21+. The molecule has 0 aliphatic heterocycles. The van der Waals surface area contributed by atoms with E-state index < -0.39 is 0 Å². The summed E-state index contributed by atoms with van der Waals surface area (Å²) >= 11 is 1.98. The van der Waals surface area contributed by atoms with Gasteiger partial charge in [0.05, 0.1) is 0 Å². The summed E-state index contributed by atoms with van der Waals surface area (Å²) in [6, 6.07) is 0.447. The van der Waals surface area contributed by atoms with E-state index >= 15 is 0 Å². The van der Waals surface area contributed by atoms with Crippen LogP contribution in [-0.4, -0.2) is 11.8 Å². The average Bonchev–Trinajstić information content (AvgIpc) is 2.85. The molecule has 24 heavy (non-hydrogen) atoms. The van der Waals surface area contributed by atoms with E-state index in [4.69, 9.17) is 4.99 Å². The van der Waals surface area contributed by atoms with Crippen molar-refractivity contribution in [2.75, 3.05) is 0 Å². The SMILES string of the molecule is CCC(CC)/N=C(\c1c(C(C)C)sc(C)c1C)C1(C)CC=CCC1. The van der Waals surface area contributed by atoms with Crippen molar-refractivity contribution in [3.05, 3.63) is 33.0 Å². The summed E-state index contributed by atoms with van der Waals surface area (Å²) in [5.41, 5.74) is 4.52. The molecule has 0 radical (unpaired) electrons. The van der Waals surface area contributed by atoms with Crippen LogP contribution in [0.2, 0.25) is 0 Å². The van der Waals surface area contributed by atoms with Gasteiger partial charge in [-0.2, -0.15) is 0 Å². The van der Waals surface area contributed by atoms with Crippen LogP contribution in [0.15, 0.2) is 17.1 Å². The summed E-state index contributed by atoms with van der Waals surface area (Å²) in [7, 11) is 0. The lowest BCUT2D eigenvalue weighted by atomic mass is 9.71. The molecule has 2 rings (SSSR count). The second-order valence-electron chi connectivity index (χ2n) is 7.90. The Kier molecular flexibility index (Phi) is 6.47. The third-order valence-electron chi connectivity index (χ3n) is 5.60. The fraction of sp³-hybridized carbons (Fsp3) is 0.682. The average molecular weight is 346 g/mol. The van der Waals surface area contributed by atoms with E-state index in [0.717, 1.165) is 19.3 Å². The molecule has 0 fully saturated rings. The first kappa shape index (κ1) is 19.4. The lowest BCUT2D eigenvalue weighted by molar-refractivity contribution is 0.418. The van der Waals surface area contributed by atoms with Crippen molar-refractivity contribution in [3.8, 4) is 0 Å². The number of nitrogens with zero attached hydrogens (tertiary/aromatic N) is 1. The highest BCUT2D eigenvalue weighted by atomic mass is 32.1. The van der Waals surface area contributed by atoms with E-state index in [0.29, 0.717) is 12.0 Å². The molecule has 0 saturated carbocycles. The Morgan fingerprint density at radius 1 is 1.21 bits per heavy atom. The summed E-state index contributed by atoms with van der Waals surface area (Å²) in [5.74, 6) is 0.562. The number of hydrogen-bond donors (Lipinski definition) is 0. The summed E-state index contributed by atoms with van der Waals surface area (Å²) in [4.78, 5) is 8.38. The van der Waals surface area contributed by atoms with Gasteiger partial charge in [0.15, 0.2) is 0 Å². The fourth-order valence-corrected chi connectivity index (χ4v) is 4.88. The minimum absolute atomic E-state index is 0.180. The second kappa shape index (κ2) is 7.99. The molecule has 1 atom stereocenters. The van der Waals surface area contributed by atoms with Gasteiger partial charge in [-0.15, -0.1) is 11.3 Å². The van der Waals surface area contributed by atoms with E-state index in [1.807, 2.05) is 11.3 Å². The zero-order chi connectivity index (χ0) is 17.9. The van der Waals surface area contributed by atoms with Crippen LogP contribution in [0, 0.1) is 19.3 Å². The zero-order valence-electron chi connectivity index (χ0n) is 16.7. The lowest BCUT2D eigenvalue weighted by Crippen LogP contribution is -2.32. The zero-order valence-corrected chi connectivity index (χ0v) is 17.5. The molecule has 0 bridgehead atoms. The molecular formula is C22H35NS. The first-order valence-corrected chi connectivity index (χ1v) is 10.5. The number of thiophene rings is 1. The lowest BCUT2D eigenvalue weighted by Gasteiger charge is -2.34. The second-order valence-corrected chi connectivity index (χ2v) is 9.16. The van der Waals surface area contributed by atoms with Crippen molar-refractivity contribution in [2.45, 2.75) is 92.5 Å². The number of aliphatic imine (C=N–C) groups is 1. The van der Waals surface area contributed by atoms with Gasteiger partial charge in [0.2, 0.25) is 0 Å². The van der Waals surface area contributed by atoms with Gasteiger partial charge < -0.3 is 0 Å². The molecule has 1 aromatic heterocycles. The molecule has 1 heterocycles. The smallest absolute Gasteiger partial charge is 0.0500 e. The monoisotopic (exact) mass is 345 g/mol. The van der Waals surface area contributed by atoms with E-state index in [2.05, 4.69) is 60.6 Å². The Labute approximate surface area is 153 Å². The number of aryl methyl sites for hydroxylation is 1. The Hall–Kier alpha value is -0.890. The van der Waals surface area contributed by atoms with Gasteiger partial charge in [-0.25, -0.2) is 0 Å². The van der Waals surface area contributed by atoms with Crippen LogP contribution in [0.1, 0.15) is 93.5 Å². The first-order valence-electron chi connectivity index (χ1n) is 9.67. The maximum absolute atomic E-state index is 5.39. The maximum Gasteiger partial charge on any atom is 0.0500 e. The van der Waals surface area contributed by atoms with Gasteiger partial charge in [-0.05, 0) is 57.4 Å². The maximum atomic E-state index is 5.39. The quantitative estimate of drug-likeness (QED) is 0.381. The first-order chi connectivity index (χ1) is 11.3. The van der Waals surface area contributed by atoms with Crippen molar-refractivity contribution in [1.82, 2.24) is 0 Å². The third-order valence-corrected chi connectivity index (χ3v) is 7.11. The van der Waals surface area contributed by atoms with Crippen LogP contribution in [0.25, 0.3) is 0 Å². The third kappa shape index (κ3) is 3.85. The van der Waals surface area contributed by atoms with Crippen LogP contribution >= 0.6 is 11.3 Å². The number of hydrogen-bond acceptors (Lipinski definition) is 2. The normalized spacial score (nSPS) is 22.0. The van der Waals surface area contributed by atoms with Gasteiger partial charge in [-0.3, -0.25) is 4.99 Å². The minimum atomic E-state index is 0.180. The number of rotatable bonds is 6. The van der Waals surface area contributed by atoms with Crippen molar-refractivity contribution in [1.29, 1.82) is 0 Å². The summed E-state index contributed by atoms with van der Waals surface area (Å²) in [6.45, 7) is 16.2. The van der Waals surface area contributed by atoms with Gasteiger partial charge >= 0.3 is 0 Å². The molecule has 0 aromatic carbocycles. The van der Waals surface area contributed by atoms with E-state index in [9.17, 15) is 0 Å². The van der Waals surface area contributed by atoms with E-state index in [-0.39, 0.29) is 5.41 Å². The molecular weight excluding hydrogens is 310 g/mol. The van der Waals surface area contributed by atoms with Crippen LogP contribution < -0.4 is 0 Å². The predicted molar refractivity (Wildman–Crippen MR) is 110 cm³/mol. The summed E-state index contributed by atoms with van der Waals surface area (Å²) in [6.07, 6.45) is 10.5. The van der Waals surface area contributed by atoms with Crippen molar-refractivity contribution in [2.24, 2.45) is 10.4 Å². The molecule has 1 aliphatic rings. The molecule has 0 N–H and O–H groups in total. The largest absolute Gasteiger partial charge is 0.285 e. The van der Waals surface area contributed by atoms with Crippen molar-refractivity contribution >= 4 is 17.0 Å². The molecule has 0 amide bonds. The summed E-state index contributed by atoms with van der Waals surface area (Å²) in [5, 5.41) is 0. The van der Waals surface area contributed by atoms with Gasteiger partial charge in [0, 0.05) is 32.5 Å². The van der Waals surface area contributed by atoms with Crippen LogP contribution in [0.4, 0.5) is 0 Å². The molecule has 134 valence electrons. The molecule has 1 aromatic rings. The van der Waals surface area contributed by atoms with Gasteiger partial charge in [0.25, 0.3) is 0 Å². The van der Waals surface area contributed by atoms with E-state index in [1.165, 1.54) is 39.4 Å². The highest BCUT2D eigenvalue weighted by molar-refractivity contribution is 7.12. The van der Waals surface area contributed by atoms with Gasteiger partial charge in [0.1, 0.15) is 0 Å². The van der Waals surface area contributed by atoms with Crippen LogP contribution in [0.3, 0.4) is 0 Å². The molecule has 0 spiro atoms. The Morgan fingerprint density at radius 3 is 2.38 bits per heavy atom. The summed E-state index contributed by atoms with van der Waals surface area (Å²) < 4.78 is 0. The Balaban J connectivity index is 2.65. The molecule has 1 unspecified atom stereocenters. The fourth-order valence-electron chi connectivity index (χ4n) is 3.71. The van der Waals surface area contributed by atoms with Crippen molar-refractivity contribution < 1.29 is 0 Å².